The molecule has 3 aromatic carbocycles. The van der Waals surface area contributed by atoms with Gasteiger partial charge in [0, 0.05) is 18.1 Å². The molecule has 182 valence electrons. The Kier molecular flexibility index (Phi) is 7.87. The van der Waals surface area contributed by atoms with Crippen molar-refractivity contribution in [3.05, 3.63) is 102 Å². The van der Waals surface area contributed by atoms with Crippen LogP contribution in [-0.4, -0.2) is 35.7 Å². The van der Waals surface area contributed by atoms with Crippen LogP contribution in [0, 0.1) is 0 Å². The quantitative estimate of drug-likeness (QED) is 0.278. The van der Waals surface area contributed by atoms with Crippen molar-refractivity contribution in [2.45, 2.75) is 13.5 Å². The van der Waals surface area contributed by atoms with Crippen molar-refractivity contribution >= 4 is 45.7 Å². The van der Waals surface area contributed by atoms with Crippen molar-refractivity contribution in [1.29, 1.82) is 0 Å². The highest BCUT2D eigenvalue weighted by atomic mass is 32.1. The third-order valence-electron chi connectivity index (χ3n) is 5.53. The molecule has 0 aliphatic rings. The summed E-state index contributed by atoms with van der Waals surface area (Å²) >= 11 is 5.68. The molecule has 0 unspecified atom stereocenters. The summed E-state index contributed by atoms with van der Waals surface area (Å²) in [6, 6.07) is 22.0. The van der Waals surface area contributed by atoms with Gasteiger partial charge in [-0.05, 0) is 77.9 Å². The van der Waals surface area contributed by atoms with E-state index in [1.165, 1.54) is 7.11 Å². The van der Waals surface area contributed by atoms with Gasteiger partial charge in [0.2, 0.25) is 0 Å². The number of carbonyl (C=O) groups excluding carboxylic acids is 2. The van der Waals surface area contributed by atoms with Crippen LogP contribution in [0.4, 0.5) is 5.69 Å². The molecule has 0 radical (unpaired) electrons. The van der Waals surface area contributed by atoms with E-state index in [1.807, 2.05) is 42.5 Å². The van der Waals surface area contributed by atoms with E-state index in [1.54, 1.807) is 54.5 Å². The van der Waals surface area contributed by atoms with Crippen LogP contribution < -0.4 is 15.0 Å². The monoisotopic (exact) mass is 499 g/mol. The standard InChI is InChI=1S/C28H25N3O4S/c1-3-35-27(33)20-10-12-23(13-11-20)31(18-19-7-6-14-29-17-19)28(36)30-26(32)24-15-21-8-4-5-9-22(21)16-25(24)34-2/h4-17H,3,18H2,1-2H3,(H,30,32,36). The average molecular weight is 500 g/mol. The summed E-state index contributed by atoms with van der Waals surface area (Å²) in [4.78, 5) is 31.3. The second-order valence-corrected chi connectivity index (χ2v) is 8.26. The molecule has 0 spiro atoms. The number of rotatable bonds is 7. The number of hydrogen-bond donors (Lipinski definition) is 1. The number of carbonyl (C=O) groups is 2. The number of aromatic nitrogens is 1. The number of hydrogen-bond acceptors (Lipinski definition) is 6. The van der Waals surface area contributed by atoms with Crippen LogP contribution in [0.15, 0.2) is 85.2 Å². The Bertz CT molecular complexity index is 1390. The Hall–Kier alpha value is -4.30. The van der Waals surface area contributed by atoms with Gasteiger partial charge in [0.25, 0.3) is 5.91 Å². The normalized spacial score (nSPS) is 10.5. The van der Waals surface area contributed by atoms with E-state index < -0.39 is 5.97 Å². The molecule has 8 heteroatoms. The van der Waals surface area contributed by atoms with E-state index in [4.69, 9.17) is 21.7 Å². The molecular formula is C28H25N3O4S. The van der Waals surface area contributed by atoms with Crippen LogP contribution in [0.5, 0.6) is 5.75 Å². The number of methoxy groups -OCH3 is 1. The molecule has 0 atom stereocenters. The molecule has 0 saturated carbocycles. The molecule has 0 aliphatic carbocycles. The van der Waals surface area contributed by atoms with Crippen molar-refractivity contribution in [2.24, 2.45) is 0 Å². The molecule has 0 bridgehead atoms. The molecule has 4 rings (SSSR count). The van der Waals surface area contributed by atoms with Crippen LogP contribution in [0.3, 0.4) is 0 Å². The molecule has 0 fully saturated rings. The lowest BCUT2D eigenvalue weighted by Crippen LogP contribution is -2.42. The Morgan fingerprint density at radius 2 is 1.72 bits per heavy atom. The number of nitrogens with zero attached hydrogens (tertiary/aromatic N) is 2. The molecule has 0 aliphatic heterocycles. The number of amides is 1. The minimum absolute atomic E-state index is 0.197. The number of fused-ring (bicyclic) bond motifs is 1. The zero-order chi connectivity index (χ0) is 25.5. The first kappa shape index (κ1) is 24.8. The average Bonchev–Trinajstić information content (AvgIpc) is 2.91. The fraction of sp³-hybridized carbons (Fsp3) is 0.143. The van der Waals surface area contributed by atoms with Gasteiger partial charge in [-0.3, -0.25) is 15.1 Å². The van der Waals surface area contributed by atoms with E-state index in [0.29, 0.717) is 35.7 Å². The summed E-state index contributed by atoms with van der Waals surface area (Å²) in [6.07, 6.45) is 3.42. The molecule has 1 heterocycles. The van der Waals surface area contributed by atoms with Crippen LogP contribution in [-0.2, 0) is 11.3 Å². The fourth-order valence-electron chi connectivity index (χ4n) is 3.74. The van der Waals surface area contributed by atoms with Gasteiger partial charge in [-0.2, -0.15) is 0 Å². The van der Waals surface area contributed by atoms with Crippen LogP contribution >= 0.6 is 12.2 Å². The minimum Gasteiger partial charge on any atom is -0.496 e. The number of pyridine rings is 1. The summed E-state index contributed by atoms with van der Waals surface area (Å²) in [5.41, 5.74) is 2.39. The maximum Gasteiger partial charge on any atom is 0.338 e. The number of nitrogens with one attached hydrogen (secondary N) is 1. The van der Waals surface area contributed by atoms with Gasteiger partial charge in [0.05, 0.1) is 31.4 Å². The van der Waals surface area contributed by atoms with Crippen molar-refractivity contribution in [1.82, 2.24) is 10.3 Å². The van der Waals surface area contributed by atoms with E-state index in [2.05, 4.69) is 10.3 Å². The van der Waals surface area contributed by atoms with Gasteiger partial charge < -0.3 is 14.4 Å². The molecule has 1 N–H and O–H groups in total. The first-order chi connectivity index (χ1) is 17.5. The maximum atomic E-state index is 13.3. The van der Waals surface area contributed by atoms with E-state index >= 15 is 0 Å². The van der Waals surface area contributed by atoms with Crippen LogP contribution in [0.2, 0.25) is 0 Å². The third-order valence-corrected chi connectivity index (χ3v) is 5.85. The number of ether oxygens (including phenoxy) is 2. The fourth-order valence-corrected chi connectivity index (χ4v) is 4.01. The van der Waals surface area contributed by atoms with Gasteiger partial charge in [0.15, 0.2) is 5.11 Å². The first-order valence-electron chi connectivity index (χ1n) is 11.4. The predicted molar refractivity (Wildman–Crippen MR) is 143 cm³/mol. The highest BCUT2D eigenvalue weighted by Crippen LogP contribution is 2.26. The van der Waals surface area contributed by atoms with Crippen molar-refractivity contribution in [3.8, 4) is 5.75 Å². The second kappa shape index (κ2) is 11.4. The summed E-state index contributed by atoms with van der Waals surface area (Å²) < 4.78 is 10.6. The lowest BCUT2D eigenvalue weighted by Gasteiger charge is -2.26. The molecular weight excluding hydrogens is 474 g/mol. The second-order valence-electron chi connectivity index (χ2n) is 7.87. The Morgan fingerprint density at radius 1 is 1.00 bits per heavy atom. The third kappa shape index (κ3) is 5.67. The predicted octanol–water partition coefficient (Wildman–Crippen LogP) is 5.14. The maximum absolute atomic E-state index is 13.3. The van der Waals surface area contributed by atoms with E-state index in [9.17, 15) is 9.59 Å². The Labute approximate surface area is 214 Å². The highest BCUT2D eigenvalue weighted by molar-refractivity contribution is 7.80. The van der Waals surface area contributed by atoms with Gasteiger partial charge >= 0.3 is 5.97 Å². The number of thiocarbonyl (C=S) groups is 1. The van der Waals surface area contributed by atoms with Crippen molar-refractivity contribution in [3.63, 3.8) is 0 Å². The topological polar surface area (TPSA) is 80.8 Å². The summed E-state index contributed by atoms with van der Waals surface area (Å²) in [7, 11) is 1.53. The number of anilines is 1. The van der Waals surface area contributed by atoms with Crippen LogP contribution in [0.25, 0.3) is 10.8 Å². The van der Waals surface area contributed by atoms with Gasteiger partial charge in [-0.15, -0.1) is 0 Å². The van der Waals surface area contributed by atoms with E-state index in [-0.39, 0.29) is 11.0 Å². The van der Waals surface area contributed by atoms with E-state index in [0.717, 1.165) is 16.3 Å². The van der Waals surface area contributed by atoms with Crippen molar-refractivity contribution in [2.75, 3.05) is 18.6 Å². The lowest BCUT2D eigenvalue weighted by molar-refractivity contribution is 0.0526. The largest absolute Gasteiger partial charge is 0.496 e. The number of esters is 1. The zero-order valence-electron chi connectivity index (χ0n) is 19.9. The minimum atomic E-state index is -0.401. The Morgan fingerprint density at radius 3 is 2.36 bits per heavy atom. The zero-order valence-corrected chi connectivity index (χ0v) is 20.7. The van der Waals surface area contributed by atoms with Crippen molar-refractivity contribution < 1.29 is 19.1 Å². The molecule has 1 amide bonds. The van der Waals surface area contributed by atoms with Gasteiger partial charge in [-0.1, -0.05) is 30.3 Å². The highest BCUT2D eigenvalue weighted by Gasteiger charge is 2.20. The van der Waals surface area contributed by atoms with Crippen LogP contribution in [0.1, 0.15) is 33.2 Å². The van der Waals surface area contributed by atoms with Gasteiger partial charge in [-0.25, -0.2) is 4.79 Å². The Balaban J connectivity index is 1.62. The van der Waals surface area contributed by atoms with Gasteiger partial charge in [0.1, 0.15) is 5.75 Å². The molecule has 7 nitrogen and oxygen atoms in total. The summed E-state index contributed by atoms with van der Waals surface area (Å²) in [5.74, 6) is -0.337. The molecule has 36 heavy (non-hydrogen) atoms. The summed E-state index contributed by atoms with van der Waals surface area (Å²) in [6.45, 7) is 2.41. The summed E-state index contributed by atoms with van der Waals surface area (Å²) in [5, 5.41) is 4.91. The SMILES string of the molecule is CCOC(=O)c1ccc(N(Cc2cccnc2)C(=S)NC(=O)c2cc3ccccc3cc2OC)cc1. The lowest BCUT2D eigenvalue weighted by atomic mass is 10.1. The smallest absolute Gasteiger partial charge is 0.338 e. The molecule has 0 saturated heterocycles. The first-order valence-corrected chi connectivity index (χ1v) is 11.8. The number of benzene rings is 3. The molecule has 4 aromatic rings. The molecule has 1 aromatic heterocycles.